The van der Waals surface area contributed by atoms with Gasteiger partial charge in [0.15, 0.2) is 0 Å². The molecular formula is C31H40N2O6. The molecule has 1 aromatic carbocycles. The predicted octanol–water partition coefficient (Wildman–Crippen LogP) is 3.39. The Bertz CT molecular complexity index is 1120. The fourth-order valence-electron chi connectivity index (χ4n) is 6.85. The van der Waals surface area contributed by atoms with Gasteiger partial charge in [-0.05, 0) is 37.7 Å². The zero-order valence-electron chi connectivity index (χ0n) is 22.8. The van der Waals surface area contributed by atoms with Crippen molar-refractivity contribution in [1.82, 2.24) is 9.80 Å². The van der Waals surface area contributed by atoms with Crippen molar-refractivity contribution in [3.8, 4) is 0 Å². The van der Waals surface area contributed by atoms with Gasteiger partial charge in [0, 0.05) is 26.2 Å². The van der Waals surface area contributed by atoms with Crippen LogP contribution in [0.5, 0.6) is 0 Å². The van der Waals surface area contributed by atoms with Gasteiger partial charge in [0.2, 0.25) is 11.8 Å². The Hall–Kier alpha value is -2.97. The first-order valence-corrected chi connectivity index (χ1v) is 14.4. The molecule has 39 heavy (non-hydrogen) atoms. The highest BCUT2D eigenvalue weighted by Gasteiger charge is 2.75. The fourth-order valence-corrected chi connectivity index (χ4v) is 6.85. The molecule has 4 heterocycles. The summed E-state index contributed by atoms with van der Waals surface area (Å²) in [6.07, 6.45) is 12.8. The van der Waals surface area contributed by atoms with Gasteiger partial charge in [-0.15, -0.1) is 0 Å². The van der Waals surface area contributed by atoms with Crippen LogP contribution >= 0.6 is 0 Å². The summed E-state index contributed by atoms with van der Waals surface area (Å²) in [5.41, 5.74) is -1.27. The third-order valence-corrected chi connectivity index (χ3v) is 8.74. The number of ether oxygens (including phenoxy) is 2. The number of esters is 1. The highest BCUT2D eigenvalue weighted by atomic mass is 16.6. The van der Waals surface area contributed by atoms with E-state index in [1.807, 2.05) is 61.6 Å². The van der Waals surface area contributed by atoms with Crippen molar-refractivity contribution in [3.63, 3.8) is 0 Å². The molecule has 2 fully saturated rings. The number of aliphatic hydroxyl groups excluding tert-OH is 1. The van der Waals surface area contributed by atoms with Crippen LogP contribution < -0.4 is 0 Å². The lowest BCUT2D eigenvalue weighted by molar-refractivity contribution is -0.161. The Kier molecular flexibility index (Phi) is 8.24. The third-order valence-electron chi connectivity index (χ3n) is 8.74. The largest absolute Gasteiger partial charge is 0.465 e. The highest BCUT2D eigenvalue weighted by molar-refractivity contribution is 5.99. The molecule has 8 heteroatoms. The van der Waals surface area contributed by atoms with E-state index in [9.17, 15) is 14.4 Å². The lowest BCUT2D eigenvalue weighted by atomic mass is 9.73. The summed E-state index contributed by atoms with van der Waals surface area (Å²) < 4.78 is 12.6. The Morgan fingerprint density at radius 3 is 2.54 bits per heavy atom. The molecule has 1 N–H and O–H groups in total. The molecule has 5 rings (SSSR count). The van der Waals surface area contributed by atoms with Gasteiger partial charge in [-0.2, -0.15) is 0 Å². The second kappa shape index (κ2) is 11.6. The van der Waals surface area contributed by atoms with Crippen LogP contribution in [0, 0.1) is 11.8 Å². The summed E-state index contributed by atoms with van der Waals surface area (Å²) >= 11 is 0. The molecule has 5 atom stereocenters. The number of likely N-dealkylation sites (tertiary alicyclic amines) is 1. The molecule has 0 saturated carbocycles. The number of amides is 2. The molecule has 210 valence electrons. The summed E-state index contributed by atoms with van der Waals surface area (Å²) in [4.78, 5) is 45.7. The molecule has 0 aliphatic carbocycles. The first kappa shape index (κ1) is 27.6. The maximum atomic E-state index is 14.4. The number of carbonyl (C=O) groups is 3. The Morgan fingerprint density at radius 1 is 0.974 bits per heavy atom. The summed E-state index contributed by atoms with van der Waals surface area (Å²) in [7, 11) is 0. The molecule has 2 amide bonds. The van der Waals surface area contributed by atoms with Crippen molar-refractivity contribution in [1.29, 1.82) is 0 Å². The molecule has 0 bridgehead atoms. The SMILES string of the molecule is CC[C@@]12/C=C\CCCOC(=O)[C@@H]1[C@H]1C(=O)N(CCCCCCO)C3C(=O)N(Cc4ccccc4)CC=C[C@@]31O2. The standard InChI is InChI=1S/C31H40N2O6/c1-2-30-16-9-6-12-21-38-29(37)25(30)24-27(35)33(19-10-3-4-11-20-34)26-28(36)32(18-13-17-31(24,26)39-30)22-23-14-7-5-8-15-23/h5,7-9,13-17,24-26,34H,2-4,6,10-12,18-22H2,1H3/b16-9-/t24-,25-,26?,30+,31-/m0/s1. The number of aliphatic hydroxyl groups is 1. The Balaban J connectivity index is 1.55. The number of hydrogen-bond donors (Lipinski definition) is 1. The Labute approximate surface area is 230 Å². The van der Waals surface area contributed by atoms with Gasteiger partial charge in [-0.25, -0.2) is 0 Å². The summed E-state index contributed by atoms with van der Waals surface area (Å²) in [5, 5.41) is 9.16. The van der Waals surface area contributed by atoms with Crippen molar-refractivity contribution in [3.05, 3.63) is 60.2 Å². The molecule has 4 aliphatic heterocycles. The van der Waals surface area contributed by atoms with Gasteiger partial charge in [-0.3, -0.25) is 14.4 Å². The minimum Gasteiger partial charge on any atom is -0.465 e. The number of carbonyl (C=O) groups excluding carboxylic acids is 3. The molecular weight excluding hydrogens is 496 g/mol. The van der Waals surface area contributed by atoms with E-state index >= 15 is 0 Å². The average Bonchev–Trinajstić information content (AvgIpc) is 3.32. The quantitative estimate of drug-likeness (QED) is 0.295. The molecule has 1 spiro atoms. The summed E-state index contributed by atoms with van der Waals surface area (Å²) in [6.45, 7) is 3.60. The zero-order valence-corrected chi connectivity index (χ0v) is 22.8. The lowest BCUT2D eigenvalue weighted by Crippen LogP contribution is -2.56. The topological polar surface area (TPSA) is 96.4 Å². The lowest BCUT2D eigenvalue weighted by Gasteiger charge is -2.38. The zero-order chi connectivity index (χ0) is 27.5. The predicted molar refractivity (Wildman–Crippen MR) is 145 cm³/mol. The van der Waals surface area contributed by atoms with Crippen molar-refractivity contribution >= 4 is 17.8 Å². The van der Waals surface area contributed by atoms with Crippen molar-refractivity contribution in [2.75, 3.05) is 26.3 Å². The van der Waals surface area contributed by atoms with Gasteiger partial charge in [-0.1, -0.05) is 74.4 Å². The van der Waals surface area contributed by atoms with Crippen molar-refractivity contribution < 1.29 is 29.0 Å². The normalized spacial score (nSPS) is 33.0. The first-order chi connectivity index (χ1) is 19.0. The van der Waals surface area contributed by atoms with Gasteiger partial charge in [0.1, 0.15) is 23.2 Å². The van der Waals surface area contributed by atoms with Gasteiger partial charge in [0.05, 0.1) is 12.5 Å². The fraction of sp³-hybridized carbons (Fsp3) is 0.581. The number of benzene rings is 1. The number of cyclic esters (lactones) is 1. The second-order valence-electron chi connectivity index (χ2n) is 11.1. The smallest absolute Gasteiger partial charge is 0.313 e. The van der Waals surface area contributed by atoms with E-state index < -0.39 is 35.0 Å². The van der Waals surface area contributed by atoms with E-state index in [2.05, 4.69) is 0 Å². The first-order valence-electron chi connectivity index (χ1n) is 14.4. The summed E-state index contributed by atoms with van der Waals surface area (Å²) in [5.74, 6) is -2.47. The van der Waals surface area contributed by atoms with E-state index in [0.717, 1.165) is 24.8 Å². The molecule has 4 aliphatic rings. The number of hydrogen-bond acceptors (Lipinski definition) is 6. The minimum atomic E-state index is -1.26. The van der Waals surface area contributed by atoms with Crippen LogP contribution in [0.4, 0.5) is 0 Å². The number of fused-ring (bicyclic) bond motifs is 2. The molecule has 0 radical (unpaired) electrons. The minimum absolute atomic E-state index is 0.137. The number of nitrogens with zero attached hydrogens (tertiary/aromatic N) is 2. The van der Waals surface area contributed by atoms with Gasteiger partial charge < -0.3 is 24.4 Å². The highest BCUT2D eigenvalue weighted by Crippen LogP contribution is 2.58. The van der Waals surface area contributed by atoms with E-state index in [4.69, 9.17) is 14.6 Å². The molecule has 0 aromatic heterocycles. The molecule has 2 saturated heterocycles. The van der Waals surface area contributed by atoms with Crippen LogP contribution in [0.1, 0.15) is 57.4 Å². The van der Waals surface area contributed by atoms with Crippen LogP contribution in [0.2, 0.25) is 0 Å². The van der Waals surface area contributed by atoms with E-state index in [0.29, 0.717) is 51.9 Å². The average molecular weight is 537 g/mol. The van der Waals surface area contributed by atoms with Crippen molar-refractivity contribution in [2.45, 2.75) is 75.7 Å². The van der Waals surface area contributed by atoms with Crippen LogP contribution in [0.25, 0.3) is 0 Å². The maximum Gasteiger partial charge on any atom is 0.313 e. The number of rotatable bonds is 9. The van der Waals surface area contributed by atoms with E-state index in [1.54, 1.807) is 9.80 Å². The van der Waals surface area contributed by atoms with Gasteiger partial charge >= 0.3 is 5.97 Å². The van der Waals surface area contributed by atoms with E-state index in [-0.39, 0.29) is 18.4 Å². The van der Waals surface area contributed by atoms with E-state index in [1.165, 1.54) is 0 Å². The number of unbranched alkanes of at least 4 members (excludes halogenated alkanes) is 3. The van der Waals surface area contributed by atoms with Crippen molar-refractivity contribution in [2.24, 2.45) is 11.8 Å². The third kappa shape index (κ3) is 4.93. The second-order valence-corrected chi connectivity index (χ2v) is 11.1. The molecule has 1 aromatic rings. The summed E-state index contributed by atoms with van der Waals surface area (Å²) in [6, 6.07) is 8.96. The maximum absolute atomic E-state index is 14.4. The molecule has 8 nitrogen and oxygen atoms in total. The van der Waals surface area contributed by atoms with Gasteiger partial charge in [0.25, 0.3) is 0 Å². The van der Waals surface area contributed by atoms with Crippen LogP contribution in [-0.2, 0) is 30.4 Å². The number of allylic oxidation sites excluding steroid dienone is 1. The van der Waals surface area contributed by atoms with Crippen LogP contribution in [0.3, 0.4) is 0 Å². The molecule has 1 unspecified atom stereocenters. The van der Waals surface area contributed by atoms with Crippen LogP contribution in [-0.4, -0.2) is 76.2 Å². The Morgan fingerprint density at radius 2 is 1.77 bits per heavy atom. The monoisotopic (exact) mass is 536 g/mol. The van der Waals surface area contributed by atoms with Crippen LogP contribution in [0.15, 0.2) is 54.6 Å².